The molecule has 0 aromatic heterocycles. The zero-order chi connectivity index (χ0) is 15.1. The number of phenolic OH excluding ortho intramolecular Hbond substituents is 1. The van der Waals surface area contributed by atoms with Gasteiger partial charge in [-0.1, -0.05) is 18.2 Å². The third-order valence-electron chi connectivity index (χ3n) is 2.70. The molecule has 2 aromatic rings. The van der Waals surface area contributed by atoms with Gasteiger partial charge in [-0.3, -0.25) is 4.79 Å². The molecule has 5 nitrogen and oxygen atoms in total. The number of hydrogen-bond donors (Lipinski definition) is 2. The minimum Gasteiger partial charge on any atom is -0.504 e. The standard InChI is InChI=1S/C16H16N2O3/c1-2-21-15-10-12(8-9-14(15)19)11-17-18-16(20)13-6-4-3-5-7-13/h3-11,19H,2H2,1H3,(H,18,20)/b17-11+. The number of rotatable bonds is 5. The van der Waals surface area contributed by atoms with E-state index in [1.165, 1.54) is 12.3 Å². The monoisotopic (exact) mass is 284 g/mol. The van der Waals surface area contributed by atoms with Gasteiger partial charge in [-0.2, -0.15) is 5.10 Å². The van der Waals surface area contributed by atoms with Crippen molar-refractivity contribution in [2.24, 2.45) is 5.10 Å². The van der Waals surface area contributed by atoms with Crippen LogP contribution in [0.4, 0.5) is 0 Å². The van der Waals surface area contributed by atoms with E-state index in [9.17, 15) is 9.90 Å². The lowest BCUT2D eigenvalue weighted by Crippen LogP contribution is -2.17. The van der Waals surface area contributed by atoms with E-state index < -0.39 is 0 Å². The quantitative estimate of drug-likeness (QED) is 0.654. The molecule has 0 saturated heterocycles. The molecule has 0 aliphatic carbocycles. The van der Waals surface area contributed by atoms with Crippen LogP contribution < -0.4 is 10.2 Å². The van der Waals surface area contributed by atoms with Gasteiger partial charge in [0, 0.05) is 5.56 Å². The Balaban J connectivity index is 2.01. The van der Waals surface area contributed by atoms with Crippen LogP contribution in [-0.4, -0.2) is 23.8 Å². The fourth-order valence-corrected chi connectivity index (χ4v) is 1.70. The molecule has 0 saturated carbocycles. The number of benzene rings is 2. The lowest BCUT2D eigenvalue weighted by atomic mass is 10.2. The Morgan fingerprint density at radius 1 is 1.29 bits per heavy atom. The van der Waals surface area contributed by atoms with Gasteiger partial charge in [0.2, 0.25) is 0 Å². The maximum absolute atomic E-state index is 11.8. The number of aromatic hydroxyl groups is 1. The Morgan fingerprint density at radius 3 is 2.76 bits per heavy atom. The van der Waals surface area contributed by atoms with E-state index >= 15 is 0 Å². The first-order valence-corrected chi connectivity index (χ1v) is 6.55. The molecule has 0 fully saturated rings. The smallest absolute Gasteiger partial charge is 0.271 e. The molecule has 2 N–H and O–H groups in total. The minimum absolute atomic E-state index is 0.0716. The number of carbonyl (C=O) groups excluding carboxylic acids is 1. The average Bonchev–Trinajstić information content (AvgIpc) is 2.51. The number of hydrazone groups is 1. The maximum atomic E-state index is 11.8. The Hall–Kier alpha value is -2.82. The summed E-state index contributed by atoms with van der Waals surface area (Å²) in [5.41, 5.74) is 3.69. The largest absolute Gasteiger partial charge is 0.504 e. The number of nitrogens with one attached hydrogen (secondary N) is 1. The van der Waals surface area contributed by atoms with Crippen molar-refractivity contribution < 1.29 is 14.6 Å². The number of nitrogens with zero attached hydrogens (tertiary/aromatic N) is 1. The van der Waals surface area contributed by atoms with Crippen LogP contribution in [0.1, 0.15) is 22.8 Å². The van der Waals surface area contributed by atoms with E-state index in [0.717, 1.165) is 0 Å². The van der Waals surface area contributed by atoms with Crippen molar-refractivity contribution in [1.82, 2.24) is 5.43 Å². The molecule has 0 radical (unpaired) electrons. The zero-order valence-corrected chi connectivity index (χ0v) is 11.6. The summed E-state index contributed by atoms with van der Waals surface area (Å²) in [4.78, 5) is 11.8. The fourth-order valence-electron chi connectivity index (χ4n) is 1.70. The molecule has 0 spiro atoms. The van der Waals surface area contributed by atoms with E-state index in [1.54, 1.807) is 36.4 Å². The molecule has 0 atom stereocenters. The summed E-state index contributed by atoms with van der Waals surface area (Å²) < 4.78 is 5.28. The Kier molecular flexibility index (Phi) is 4.93. The summed E-state index contributed by atoms with van der Waals surface area (Å²) in [6.07, 6.45) is 1.49. The first kappa shape index (κ1) is 14.6. The van der Waals surface area contributed by atoms with E-state index in [0.29, 0.717) is 23.5 Å². The molecule has 5 heteroatoms. The second-order valence-electron chi connectivity index (χ2n) is 4.23. The van der Waals surface area contributed by atoms with Gasteiger partial charge in [-0.15, -0.1) is 0 Å². The first-order valence-electron chi connectivity index (χ1n) is 6.55. The van der Waals surface area contributed by atoms with Crippen molar-refractivity contribution in [3.63, 3.8) is 0 Å². The summed E-state index contributed by atoms with van der Waals surface area (Å²) in [5, 5.41) is 13.5. The molecule has 0 bridgehead atoms. The molecule has 2 aromatic carbocycles. The normalized spacial score (nSPS) is 10.5. The van der Waals surface area contributed by atoms with Gasteiger partial charge in [-0.25, -0.2) is 5.43 Å². The summed E-state index contributed by atoms with van der Waals surface area (Å²) >= 11 is 0. The van der Waals surface area contributed by atoms with Crippen LogP contribution in [0.15, 0.2) is 53.6 Å². The lowest BCUT2D eigenvalue weighted by molar-refractivity contribution is 0.0955. The van der Waals surface area contributed by atoms with E-state index in [-0.39, 0.29) is 11.7 Å². The minimum atomic E-state index is -0.282. The van der Waals surface area contributed by atoms with Gasteiger partial charge in [0.15, 0.2) is 11.5 Å². The highest BCUT2D eigenvalue weighted by Crippen LogP contribution is 2.26. The van der Waals surface area contributed by atoms with Crippen LogP contribution in [0.3, 0.4) is 0 Å². The molecule has 21 heavy (non-hydrogen) atoms. The van der Waals surface area contributed by atoms with Crippen molar-refractivity contribution in [2.45, 2.75) is 6.92 Å². The predicted octanol–water partition coefficient (Wildman–Crippen LogP) is 2.55. The van der Waals surface area contributed by atoms with E-state index in [1.807, 2.05) is 13.0 Å². The van der Waals surface area contributed by atoms with Gasteiger partial charge < -0.3 is 9.84 Å². The second kappa shape index (κ2) is 7.09. The van der Waals surface area contributed by atoms with E-state index in [2.05, 4.69) is 10.5 Å². The lowest BCUT2D eigenvalue weighted by Gasteiger charge is -2.06. The topological polar surface area (TPSA) is 70.9 Å². The predicted molar refractivity (Wildman–Crippen MR) is 80.8 cm³/mol. The maximum Gasteiger partial charge on any atom is 0.271 e. The molecule has 0 aliphatic rings. The van der Waals surface area contributed by atoms with Gasteiger partial charge >= 0.3 is 0 Å². The van der Waals surface area contributed by atoms with Crippen LogP contribution >= 0.6 is 0 Å². The van der Waals surface area contributed by atoms with E-state index in [4.69, 9.17) is 4.74 Å². The van der Waals surface area contributed by atoms with Crippen LogP contribution in [0, 0.1) is 0 Å². The first-order chi connectivity index (χ1) is 10.2. The number of ether oxygens (including phenoxy) is 1. The van der Waals surface area contributed by atoms with Gasteiger partial charge in [-0.05, 0) is 42.8 Å². The Morgan fingerprint density at radius 2 is 2.05 bits per heavy atom. The van der Waals surface area contributed by atoms with Crippen molar-refractivity contribution in [2.75, 3.05) is 6.61 Å². The van der Waals surface area contributed by atoms with Gasteiger partial charge in [0.25, 0.3) is 5.91 Å². The van der Waals surface area contributed by atoms with Gasteiger partial charge in [0.1, 0.15) is 0 Å². The van der Waals surface area contributed by atoms with Crippen LogP contribution in [0.2, 0.25) is 0 Å². The summed E-state index contributed by atoms with van der Waals surface area (Å²) in [7, 11) is 0. The molecular formula is C16H16N2O3. The van der Waals surface area contributed by atoms with Crippen molar-refractivity contribution in [3.8, 4) is 11.5 Å². The van der Waals surface area contributed by atoms with Crippen LogP contribution in [-0.2, 0) is 0 Å². The zero-order valence-electron chi connectivity index (χ0n) is 11.6. The number of amides is 1. The highest BCUT2D eigenvalue weighted by atomic mass is 16.5. The van der Waals surface area contributed by atoms with Gasteiger partial charge in [0.05, 0.1) is 12.8 Å². The Bertz CT molecular complexity index is 639. The number of carbonyl (C=O) groups is 1. The molecule has 108 valence electrons. The molecule has 0 unspecified atom stereocenters. The summed E-state index contributed by atoms with van der Waals surface area (Å²) in [5.74, 6) is 0.175. The summed E-state index contributed by atoms with van der Waals surface area (Å²) in [6, 6.07) is 13.7. The van der Waals surface area contributed by atoms with Crippen LogP contribution in [0.5, 0.6) is 11.5 Å². The molecular weight excluding hydrogens is 268 g/mol. The molecule has 0 heterocycles. The third-order valence-corrected chi connectivity index (χ3v) is 2.70. The summed E-state index contributed by atoms with van der Waals surface area (Å²) in [6.45, 7) is 2.29. The Labute approximate surface area is 122 Å². The third kappa shape index (κ3) is 4.07. The van der Waals surface area contributed by atoms with Crippen LogP contribution in [0.25, 0.3) is 0 Å². The van der Waals surface area contributed by atoms with Crippen molar-refractivity contribution in [3.05, 3.63) is 59.7 Å². The highest BCUT2D eigenvalue weighted by Gasteiger charge is 2.03. The average molecular weight is 284 g/mol. The number of hydrogen-bond acceptors (Lipinski definition) is 4. The SMILES string of the molecule is CCOc1cc(/C=N/NC(=O)c2ccccc2)ccc1O. The van der Waals surface area contributed by atoms with Crippen molar-refractivity contribution >= 4 is 12.1 Å². The van der Waals surface area contributed by atoms with Crippen molar-refractivity contribution in [1.29, 1.82) is 0 Å². The molecule has 0 aliphatic heterocycles. The second-order valence-corrected chi connectivity index (χ2v) is 4.23. The highest BCUT2D eigenvalue weighted by molar-refractivity contribution is 5.94. The fraction of sp³-hybridized carbons (Fsp3) is 0.125. The number of phenols is 1. The molecule has 1 amide bonds. The molecule has 2 rings (SSSR count).